The topological polar surface area (TPSA) is 0 Å². The van der Waals surface area contributed by atoms with E-state index >= 15 is 0 Å². The SMILES string of the molecule is C[C](C)=[Ti+2]([C]1=CC=CC1)[CH]1C2C=CC=CC2C2CCCCC21.[Cl-].[Cl-]. The van der Waals surface area contributed by atoms with Crippen molar-refractivity contribution in [2.45, 2.75) is 50.2 Å². The van der Waals surface area contributed by atoms with Crippen molar-refractivity contribution < 1.29 is 42.2 Å². The molecule has 5 unspecified atom stereocenters. The van der Waals surface area contributed by atoms with Crippen molar-refractivity contribution in [2.75, 3.05) is 0 Å². The molecule has 0 N–H and O–H groups in total. The van der Waals surface area contributed by atoms with Crippen LogP contribution in [0, 0.1) is 23.7 Å². The van der Waals surface area contributed by atoms with Crippen LogP contribution in [0.4, 0.5) is 0 Å². The molecule has 2 fully saturated rings. The van der Waals surface area contributed by atoms with Crippen LogP contribution in [0.2, 0.25) is 4.22 Å². The summed E-state index contributed by atoms with van der Waals surface area (Å²) in [7, 11) is 0. The maximum Gasteiger partial charge on any atom is -1.00 e. The van der Waals surface area contributed by atoms with E-state index in [9.17, 15) is 0 Å². The first-order valence-corrected chi connectivity index (χ1v) is 11.6. The van der Waals surface area contributed by atoms with Crippen LogP contribution in [-0.4, -0.2) is 3.81 Å². The summed E-state index contributed by atoms with van der Waals surface area (Å²) in [4.78, 5) is 0. The van der Waals surface area contributed by atoms with Crippen molar-refractivity contribution in [3.63, 3.8) is 0 Å². The van der Waals surface area contributed by atoms with Gasteiger partial charge in [-0.1, -0.05) is 0 Å². The molecule has 0 aromatic carbocycles. The molecule has 5 atom stereocenters. The van der Waals surface area contributed by atoms with Gasteiger partial charge in [-0.15, -0.1) is 0 Å². The molecule has 4 aliphatic rings. The Hall–Kier alpha value is 0.124. The Balaban J connectivity index is 0.00000104. The van der Waals surface area contributed by atoms with Gasteiger partial charge in [-0.3, -0.25) is 0 Å². The summed E-state index contributed by atoms with van der Waals surface area (Å²) in [5.41, 5.74) is 0. The van der Waals surface area contributed by atoms with Gasteiger partial charge in [-0.25, -0.2) is 0 Å². The summed E-state index contributed by atoms with van der Waals surface area (Å²) in [6.45, 7) is 4.89. The molecule has 0 aromatic rings. The van der Waals surface area contributed by atoms with E-state index in [1.54, 1.807) is 3.81 Å². The normalized spacial score (nSPS) is 35.0. The Morgan fingerprint density at radius 1 is 0.917 bits per heavy atom. The van der Waals surface area contributed by atoms with Gasteiger partial charge in [0.05, 0.1) is 0 Å². The molecule has 0 aliphatic heterocycles. The molecule has 24 heavy (non-hydrogen) atoms. The van der Waals surface area contributed by atoms with E-state index in [4.69, 9.17) is 0 Å². The maximum absolute atomic E-state index is 2.59. The van der Waals surface area contributed by atoms with Crippen molar-refractivity contribution in [1.82, 2.24) is 0 Å². The van der Waals surface area contributed by atoms with Crippen molar-refractivity contribution in [2.24, 2.45) is 23.7 Å². The monoisotopic (exact) mass is 398 g/mol. The molecule has 130 valence electrons. The maximum atomic E-state index is 2.59. The van der Waals surface area contributed by atoms with Gasteiger partial charge in [0.2, 0.25) is 0 Å². The Bertz CT molecular complexity index is 607. The second-order valence-electron chi connectivity index (χ2n) is 7.80. The van der Waals surface area contributed by atoms with Crippen LogP contribution in [0.15, 0.2) is 46.4 Å². The Morgan fingerprint density at radius 2 is 1.58 bits per heavy atom. The van der Waals surface area contributed by atoms with Gasteiger partial charge in [-0.2, -0.15) is 0 Å². The van der Waals surface area contributed by atoms with Gasteiger partial charge in [0.15, 0.2) is 0 Å². The number of allylic oxidation sites excluding steroid dienone is 8. The number of halogens is 2. The molecule has 0 radical (unpaired) electrons. The number of hydrogen-bond donors (Lipinski definition) is 0. The quantitative estimate of drug-likeness (QED) is 0.557. The molecule has 4 aliphatic carbocycles. The molecule has 0 bridgehead atoms. The van der Waals surface area contributed by atoms with E-state index in [2.05, 4.69) is 56.4 Å². The molecular formula is C21H28Cl2Ti. The third-order valence-corrected chi connectivity index (χ3v) is 12.1. The Labute approximate surface area is 165 Å². The molecule has 0 amide bonds. The first kappa shape index (κ1) is 20.4. The van der Waals surface area contributed by atoms with Crippen LogP contribution >= 0.6 is 0 Å². The van der Waals surface area contributed by atoms with E-state index in [1.807, 2.05) is 3.88 Å². The number of fused-ring (bicyclic) bond motifs is 3. The smallest absolute Gasteiger partial charge is 1.00 e. The van der Waals surface area contributed by atoms with Gasteiger partial charge >= 0.3 is 141 Å². The zero-order chi connectivity index (χ0) is 15.1. The van der Waals surface area contributed by atoms with Crippen molar-refractivity contribution in [3.8, 4) is 0 Å². The number of rotatable bonds is 2. The van der Waals surface area contributed by atoms with Crippen molar-refractivity contribution in [3.05, 3.63) is 46.4 Å². The van der Waals surface area contributed by atoms with E-state index in [1.165, 1.54) is 32.1 Å². The minimum Gasteiger partial charge on any atom is -1.00 e. The summed E-state index contributed by atoms with van der Waals surface area (Å²) in [6, 6.07) is 0. The third kappa shape index (κ3) is 3.50. The van der Waals surface area contributed by atoms with E-state index in [0.29, 0.717) is 0 Å². The van der Waals surface area contributed by atoms with Crippen LogP contribution in [-0.2, 0) is 17.4 Å². The average Bonchev–Trinajstić information content (AvgIpc) is 3.16. The molecule has 3 heteroatoms. The summed E-state index contributed by atoms with van der Waals surface area (Å²) in [5, 5.41) is 0. The van der Waals surface area contributed by atoms with Crippen molar-refractivity contribution >= 4 is 3.81 Å². The summed E-state index contributed by atoms with van der Waals surface area (Å²) >= 11 is -1.30. The van der Waals surface area contributed by atoms with Gasteiger partial charge in [0.1, 0.15) is 0 Å². The van der Waals surface area contributed by atoms with E-state index < -0.39 is 17.4 Å². The van der Waals surface area contributed by atoms with Crippen molar-refractivity contribution in [1.29, 1.82) is 0 Å². The first-order chi connectivity index (χ1) is 10.8. The Morgan fingerprint density at radius 3 is 2.21 bits per heavy atom. The van der Waals surface area contributed by atoms with Crippen LogP contribution in [0.3, 0.4) is 0 Å². The summed E-state index contributed by atoms with van der Waals surface area (Å²) in [5.74, 6) is 3.71. The predicted molar refractivity (Wildman–Crippen MR) is 92.7 cm³/mol. The number of hydrogen-bond acceptors (Lipinski definition) is 0. The first-order valence-electron chi connectivity index (χ1n) is 9.16. The van der Waals surface area contributed by atoms with E-state index in [0.717, 1.165) is 27.9 Å². The second kappa shape index (κ2) is 8.67. The van der Waals surface area contributed by atoms with Crippen LogP contribution in [0.25, 0.3) is 0 Å². The zero-order valence-corrected chi connectivity index (χ0v) is 17.8. The molecule has 0 saturated heterocycles. The third-order valence-electron chi connectivity index (χ3n) is 6.46. The molecule has 4 rings (SSSR count). The minimum absolute atomic E-state index is 0. The molecular weight excluding hydrogens is 371 g/mol. The second-order valence-corrected chi connectivity index (χ2v) is 12.7. The fourth-order valence-electron chi connectivity index (χ4n) is 5.75. The molecule has 2 saturated carbocycles. The molecule has 0 heterocycles. The van der Waals surface area contributed by atoms with Crippen LogP contribution < -0.4 is 24.8 Å². The van der Waals surface area contributed by atoms with Crippen LogP contribution in [0.5, 0.6) is 0 Å². The summed E-state index contributed by atoms with van der Waals surface area (Å²) < 4.78 is 4.65. The van der Waals surface area contributed by atoms with Gasteiger partial charge in [0, 0.05) is 0 Å². The zero-order valence-electron chi connectivity index (χ0n) is 14.7. The molecule has 0 nitrogen and oxygen atoms in total. The van der Waals surface area contributed by atoms with Crippen LogP contribution in [0.1, 0.15) is 46.0 Å². The predicted octanol–water partition coefficient (Wildman–Crippen LogP) is -0.364. The molecule has 0 aromatic heterocycles. The largest absolute Gasteiger partial charge is 1.00 e. The standard InChI is InChI=1S/C13H17.C5H5.C3H6.2ClH.Ti/c1-3-7-12-10(5-1)9-11-6-2-4-8-13(11)12;1-2-4-5-3-1;1-3-2;;;/h1,3,5,7,9-13H,2,4,6,8H2;1-3H,4H2;1-2H3;2*1H;/q;;;;;+2/p-2. The fourth-order valence-corrected chi connectivity index (χ4v) is 11.9. The van der Waals surface area contributed by atoms with E-state index in [-0.39, 0.29) is 24.8 Å². The van der Waals surface area contributed by atoms with Gasteiger partial charge in [0.25, 0.3) is 0 Å². The Kier molecular flexibility index (Phi) is 7.39. The summed E-state index contributed by atoms with van der Waals surface area (Å²) in [6.07, 6.45) is 24.2. The van der Waals surface area contributed by atoms with Gasteiger partial charge < -0.3 is 24.8 Å². The van der Waals surface area contributed by atoms with Gasteiger partial charge in [-0.05, 0) is 0 Å². The minimum atomic E-state index is -1.30. The average molecular weight is 399 g/mol. The fraction of sp³-hybridized carbons (Fsp3) is 0.571. The molecule has 0 spiro atoms.